The Kier molecular flexibility index (Phi) is 6.45. The highest BCUT2D eigenvalue weighted by molar-refractivity contribution is 6.14. The van der Waals surface area contributed by atoms with Crippen molar-refractivity contribution in [2.75, 3.05) is 0 Å². The number of fused-ring (bicyclic) bond motifs is 6. The zero-order valence-electron chi connectivity index (χ0n) is 27.0. The van der Waals surface area contributed by atoms with Crippen molar-refractivity contribution in [2.24, 2.45) is 9.98 Å². The molecular formula is C44H30N6. The van der Waals surface area contributed by atoms with Gasteiger partial charge >= 0.3 is 0 Å². The Balaban J connectivity index is 1.07. The van der Waals surface area contributed by atoms with Crippen molar-refractivity contribution in [2.45, 2.75) is 6.17 Å². The van der Waals surface area contributed by atoms with E-state index in [1.807, 2.05) is 54.7 Å². The number of nitrogens with one attached hydrogen (secondary N) is 1. The van der Waals surface area contributed by atoms with E-state index in [2.05, 4.69) is 130 Å². The predicted molar refractivity (Wildman–Crippen MR) is 205 cm³/mol. The van der Waals surface area contributed by atoms with Crippen LogP contribution in [0.4, 0.5) is 0 Å². The quantitative estimate of drug-likeness (QED) is 0.203. The van der Waals surface area contributed by atoms with Crippen molar-refractivity contribution < 1.29 is 0 Å². The van der Waals surface area contributed by atoms with Crippen LogP contribution in [0.15, 0.2) is 180 Å². The van der Waals surface area contributed by atoms with E-state index in [-0.39, 0.29) is 6.17 Å². The molecule has 0 bridgehead atoms. The van der Waals surface area contributed by atoms with E-state index in [9.17, 15) is 0 Å². The van der Waals surface area contributed by atoms with Gasteiger partial charge < -0.3 is 9.88 Å². The molecule has 236 valence electrons. The van der Waals surface area contributed by atoms with Crippen LogP contribution in [0.5, 0.6) is 0 Å². The number of benzene rings is 6. The summed E-state index contributed by atoms with van der Waals surface area (Å²) in [4.78, 5) is 15.0. The molecule has 0 spiro atoms. The second-order valence-corrected chi connectivity index (χ2v) is 12.6. The van der Waals surface area contributed by atoms with Gasteiger partial charge in [-0.25, -0.2) is 15.0 Å². The van der Waals surface area contributed by atoms with Crippen LogP contribution in [0.2, 0.25) is 0 Å². The number of aromatic nitrogens is 3. The van der Waals surface area contributed by atoms with Gasteiger partial charge in [0.05, 0.1) is 22.1 Å². The van der Waals surface area contributed by atoms with E-state index in [0.717, 1.165) is 45.1 Å². The Morgan fingerprint density at radius 2 is 1.04 bits per heavy atom. The molecule has 50 heavy (non-hydrogen) atoms. The van der Waals surface area contributed by atoms with Crippen LogP contribution in [0, 0.1) is 0 Å². The van der Waals surface area contributed by atoms with Gasteiger partial charge in [0.25, 0.3) is 0 Å². The summed E-state index contributed by atoms with van der Waals surface area (Å²) in [7, 11) is 0. The lowest BCUT2D eigenvalue weighted by atomic mass is 10.1. The summed E-state index contributed by atoms with van der Waals surface area (Å²) < 4.78 is 4.63. The number of aliphatic imine (C=N–C) groups is 2. The molecule has 6 heteroatoms. The molecule has 1 N–H and O–H groups in total. The molecule has 6 aromatic carbocycles. The molecule has 0 saturated heterocycles. The second kappa shape index (κ2) is 11.4. The molecule has 4 heterocycles. The van der Waals surface area contributed by atoms with Crippen LogP contribution in [0.1, 0.15) is 22.9 Å². The van der Waals surface area contributed by atoms with Crippen molar-refractivity contribution in [3.05, 3.63) is 187 Å². The number of hydrogen-bond acceptors (Lipinski definition) is 4. The first-order chi connectivity index (χ1) is 24.8. The third-order valence-corrected chi connectivity index (χ3v) is 9.63. The van der Waals surface area contributed by atoms with Gasteiger partial charge in [-0.05, 0) is 48.5 Å². The highest BCUT2D eigenvalue weighted by Crippen LogP contribution is 2.36. The van der Waals surface area contributed by atoms with Gasteiger partial charge in [0.1, 0.15) is 17.8 Å². The molecule has 0 amide bonds. The SMILES string of the molecule is c1ccc(C2=NC(c3ccc(-n4c5ccccc5c5cc(-n6c7ccccc7c7ccccc76)ccc54)nc3)NC(c3ccccc3)=N2)cc1. The first-order valence-corrected chi connectivity index (χ1v) is 16.8. The second-order valence-electron chi connectivity index (χ2n) is 12.6. The topological polar surface area (TPSA) is 59.5 Å². The van der Waals surface area contributed by atoms with E-state index in [1.165, 1.54) is 32.6 Å². The van der Waals surface area contributed by atoms with Gasteiger partial charge in [-0.15, -0.1) is 0 Å². The highest BCUT2D eigenvalue weighted by Gasteiger charge is 2.22. The number of rotatable bonds is 5. The van der Waals surface area contributed by atoms with Gasteiger partial charge in [-0.2, -0.15) is 0 Å². The molecular weight excluding hydrogens is 613 g/mol. The fraction of sp³-hybridized carbons (Fsp3) is 0.0227. The van der Waals surface area contributed by atoms with Gasteiger partial charge in [-0.1, -0.05) is 115 Å². The van der Waals surface area contributed by atoms with Crippen molar-refractivity contribution in [1.29, 1.82) is 0 Å². The van der Waals surface area contributed by atoms with Crippen LogP contribution in [0.25, 0.3) is 55.1 Å². The summed E-state index contributed by atoms with van der Waals surface area (Å²) in [6, 6.07) is 57.2. The van der Waals surface area contributed by atoms with E-state index < -0.39 is 0 Å². The first kappa shape index (κ1) is 28.2. The maximum atomic E-state index is 5.05. The van der Waals surface area contributed by atoms with Crippen molar-refractivity contribution in [3.63, 3.8) is 0 Å². The molecule has 0 aliphatic carbocycles. The summed E-state index contributed by atoms with van der Waals surface area (Å²) >= 11 is 0. The zero-order valence-corrected chi connectivity index (χ0v) is 27.0. The normalized spacial score (nSPS) is 14.6. The standard InChI is InChI=1S/C44H30N6/c1-3-13-29(14-4-1)42-46-43(30-15-5-2-6-16-30)48-44(47-42)31-23-26-41(45-28-31)50-39-22-12-9-19-35(39)36-27-32(24-25-40(36)50)49-37-20-10-7-17-33(37)34-18-8-11-21-38(34)49/h1-28,44H,(H,46,47,48). The van der Waals surface area contributed by atoms with E-state index in [0.29, 0.717) is 5.84 Å². The number of amidine groups is 2. The summed E-state index contributed by atoms with van der Waals surface area (Å²) in [6.45, 7) is 0. The Labute approximate surface area is 288 Å². The van der Waals surface area contributed by atoms with Crippen molar-refractivity contribution >= 4 is 55.3 Å². The summed E-state index contributed by atoms with van der Waals surface area (Å²) in [5.41, 5.74) is 8.69. The van der Waals surface area contributed by atoms with Crippen LogP contribution in [-0.4, -0.2) is 25.8 Å². The van der Waals surface area contributed by atoms with Crippen LogP contribution in [-0.2, 0) is 0 Å². The average Bonchev–Trinajstić information content (AvgIpc) is 3.71. The fourth-order valence-electron chi connectivity index (χ4n) is 7.32. The molecule has 9 aromatic rings. The Bertz CT molecular complexity index is 2720. The smallest absolute Gasteiger partial charge is 0.159 e. The number of hydrogen-bond donors (Lipinski definition) is 1. The van der Waals surface area contributed by atoms with Crippen LogP contribution < -0.4 is 5.32 Å². The molecule has 3 aromatic heterocycles. The third-order valence-electron chi connectivity index (χ3n) is 9.63. The molecule has 10 rings (SSSR count). The monoisotopic (exact) mass is 642 g/mol. The Morgan fingerprint density at radius 3 is 1.68 bits per heavy atom. The van der Waals surface area contributed by atoms with Gasteiger partial charge in [-0.3, -0.25) is 4.57 Å². The maximum absolute atomic E-state index is 5.05. The average molecular weight is 643 g/mol. The number of nitrogens with zero attached hydrogens (tertiary/aromatic N) is 5. The summed E-state index contributed by atoms with van der Waals surface area (Å²) in [6.07, 6.45) is 1.59. The fourth-order valence-corrected chi connectivity index (χ4v) is 7.32. The van der Waals surface area contributed by atoms with Crippen molar-refractivity contribution in [3.8, 4) is 11.5 Å². The minimum absolute atomic E-state index is 0.341. The first-order valence-electron chi connectivity index (χ1n) is 16.8. The van der Waals surface area contributed by atoms with Gasteiger partial charge in [0.15, 0.2) is 5.84 Å². The highest BCUT2D eigenvalue weighted by atomic mass is 15.2. The summed E-state index contributed by atoms with van der Waals surface area (Å²) in [5, 5.41) is 8.43. The lowest BCUT2D eigenvalue weighted by molar-refractivity contribution is 0.670. The molecule has 1 aliphatic heterocycles. The minimum Gasteiger partial charge on any atom is -0.344 e. The molecule has 0 saturated carbocycles. The minimum atomic E-state index is -0.341. The maximum Gasteiger partial charge on any atom is 0.159 e. The van der Waals surface area contributed by atoms with E-state index >= 15 is 0 Å². The van der Waals surface area contributed by atoms with Gasteiger partial charge in [0.2, 0.25) is 0 Å². The molecule has 1 unspecified atom stereocenters. The molecule has 1 atom stereocenters. The van der Waals surface area contributed by atoms with Crippen LogP contribution >= 0.6 is 0 Å². The molecule has 6 nitrogen and oxygen atoms in total. The van der Waals surface area contributed by atoms with E-state index in [1.54, 1.807) is 0 Å². The zero-order chi connectivity index (χ0) is 33.0. The lowest BCUT2D eigenvalue weighted by Gasteiger charge is -2.23. The number of pyridine rings is 1. The Hall–Kier alpha value is -6.79. The number of para-hydroxylation sites is 3. The van der Waals surface area contributed by atoms with Gasteiger partial charge in [0, 0.05) is 50.1 Å². The Morgan fingerprint density at radius 1 is 0.480 bits per heavy atom. The van der Waals surface area contributed by atoms with Crippen LogP contribution in [0.3, 0.4) is 0 Å². The molecule has 0 radical (unpaired) electrons. The molecule has 1 aliphatic rings. The lowest BCUT2D eigenvalue weighted by Crippen LogP contribution is -2.33. The van der Waals surface area contributed by atoms with Crippen molar-refractivity contribution in [1.82, 2.24) is 19.4 Å². The van der Waals surface area contributed by atoms with E-state index in [4.69, 9.17) is 15.0 Å². The third kappa shape index (κ3) is 4.54. The summed E-state index contributed by atoms with van der Waals surface area (Å²) in [5.74, 6) is 2.33. The molecule has 0 fully saturated rings. The predicted octanol–water partition coefficient (Wildman–Crippen LogP) is 9.77. The largest absolute Gasteiger partial charge is 0.344 e.